The highest BCUT2D eigenvalue weighted by Crippen LogP contribution is 2.19. The second kappa shape index (κ2) is 6.99. The van der Waals surface area contributed by atoms with E-state index in [-0.39, 0.29) is 5.69 Å². The second-order valence-corrected chi connectivity index (χ2v) is 6.18. The summed E-state index contributed by atoms with van der Waals surface area (Å²) in [6, 6.07) is 8.99. The van der Waals surface area contributed by atoms with Gasteiger partial charge in [-0.15, -0.1) is 0 Å². The van der Waals surface area contributed by atoms with E-state index in [4.69, 9.17) is 10.7 Å². The van der Waals surface area contributed by atoms with E-state index in [0.717, 1.165) is 30.0 Å². The van der Waals surface area contributed by atoms with E-state index in [9.17, 15) is 4.79 Å². The molecule has 0 unspecified atom stereocenters. The Kier molecular flexibility index (Phi) is 4.37. The number of imidazole rings is 2. The fourth-order valence-electron chi connectivity index (χ4n) is 3.10. The molecule has 0 saturated carbocycles. The standard InChI is InChI=1S/C19H19N7O/c1-2-10-26-16(24-15-7-4-8-21-19(15)26)12-25-11-9-22-18(25)14-6-3-5-13(23-14)17(20)27/h3-9,11H,2,10,12H2,1H3,(H2,20,27). The van der Waals surface area contributed by atoms with E-state index < -0.39 is 5.91 Å². The Morgan fingerprint density at radius 2 is 2.00 bits per heavy atom. The summed E-state index contributed by atoms with van der Waals surface area (Å²) in [4.78, 5) is 29.4. The summed E-state index contributed by atoms with van der Waals surface area (Å²) in [5.41, 5.74) is 7.90. The molecule has 4 heterocycles. The molecule has 27 heavy (non-hydrogen) atoms. The van der Waals surface area contributed by atoms with E-state index in [0.29, 0.717) is 18.1 Å². The summed E-state index contributed by atoms with van der Waals surface area (Å²) in [5, 5.41) is 0. The minimum absolute atomic E-state index is 0.212. The van der Waals surface area contributed by atoms with Crippen molar-refractivity contribution in [1.82, 2.24) is 29.1 Å². The molecule has 0 radical (unpaired) electrons. The highest BCUT2D eigenvalue weighted by Gasteiger charge is 2.15. The minimum Gasteiger partial charge on any atom is -0.364 e. The van der Waals surface area contributed by atoms with Crippen LogP contribution in [0.3, 0.4) is 0 Å². The van der Waals surface area contributed by atoms with Gasteiger partial charge in [-0.3, -0.25) is 4.79 Å². The lowest BCUT2D eigenvalue weighted by Gasteiger charge is -2.10. The molecule has 8 nitrogen and oxygen atoms in total. The van der Waals surface area contributed by atoms with E-state index in [1.54, 1.807) is 24.5 Å². The second-order valence-electron chi connectivity index (χ2n) is 6.18. The average Bonchev–Trinajstić information content (AvgIpc) is 3.27. The zero-order chi connectivity index (χ0) is 18.8. The van der Waals surface area contributed by atoms with Gasteiger partial charge < -0.3 is 14.9 Å². The Balaban J connectivity index is 1.74. The molecule has 0 saturated heterocycles. The van der Waals surface area contributed by atoms with Crippen molar-refractivity contribution in [3.05, 3.63) is 60.4 Å². The molecule has 4 rings (SSSR count). The largest absolute Gasteiger partial charge is 0.364 e. The summed E-state index contributed by atoms with van der Waals surface area (Å²) >= 11 is 0. The Morgan fingerprint density at radius 3 is 2.81 bits per heavy atom. The van der Waals surface area contributed by atoms with Gasteiger partial charge in [-0.2, -0.15) is 0 Å². The van der Waals surface area contributed by atoms with Crippen LogP contribution in [0.25, 0.3) is 22.7 Å². The third kappa shape index (κ3) is 3.17. The van der Waals surface area contributed by atoms with Gasteiger partial charge in [0, 0.05) is 25.1 Å². The van der Waals surface area contributed by atoms with E-state index in [1.807, 2.05) is 29.0 Å². The Hall–Kier alpha value is -3.55. The molecule has 0 spiro atoms. The molecule has 0 atom stereocenters. The summed E-state index contributed by atoms with van der Waals surface area (Å²) in [6.45, 7) is 3.48. The van der Waals surface area contributed by atoms with Crippen LogP contribution in [0.5, 0.6) is 0 Å². The van der Waals surface area contributed by atoms with Crippen molar-refractivity contribution in [2.24, 2.45) is 5.73 Å². The number of carbonyl (C=O) groups excluding carboxylic acids is 1. The van der Waals surface area contributed by atoms with Crippen molar-refractivity contribution in [2.75, 3.05) is 0 Å². The number of nitrogens with two attached hydrogens (primary N) is 1. The van der Waals surface area contributed by atoms with Crippen LogP contribution in [0.4, 0.5) is 0 Å². The van der Waals surface area contributed by atoms with E-state index >= 15 is 0 Å². The maximum atomic E-state index is 11.4. The average molecular weight is 361 g/mol. The van der Waals surface area contributed by atoms with Crippen LogP contribution in [0.2, 0.25) is 0 Å². The third-order valence-corrected chi connectivity index (χ3v) is 4.29. The first kappa shape index (κ1) is 16.9. The van der Waals surface area contributed by atoms with Crippen molar-refractivity contribution < 1.29 is 4.79 Å². The van der Waals surface area contributed by atoms with Crippen molar-refractivity contribution in [1.29, 1.82) is 0 Å². The molecule has 0 fully saturated rings. The predicted molar refractivity (Wildman–Crippen MR) is 101 cm³/mol. The highest BCUT2D eigenvalue weighted by molar-refractivity contribution is 5.91. The van der Waals surface area contributed by atoms with Crippen molar-refractivity contribution in [3.63, 3.8) is 0 Å². The molecule has 4 aromatic rings. The fourth-order valence-corrected chi connectivity index (χ4v) is 3.10. The molecule has 0 aromatic carbocycles. The number of hydrogen-bond acceptors (Lipinski definition) is 5. The van der Waals surface area contributed by atoms with Gasteiger partial charge in [0.05, 0.1) is 6.54 Å². The number of rotatable bonds is 6. The number of nitrogens with zero attached hydrogens (tertiary/aromatic N) is 6. The van der Waals surface area contributed by atoms with E-state index in [2.05, 4.69) is 26.4 Å². The van der Waals surface area contributed by atoms with Crippen LogP contribution in [0.15, 0.2) is 48.9 Å². The van der Waals surface area contributed by atoms with Gasteiger partial charge in [0.15, 0.2) is 11.5 Å². The lowest BCUT2D eigenvalue weighted by atomic mass is 10.3. The number of primary amides is 1. The van der Waals surface area contributed by atoms with Crippen LogP contribution in [0, 0.1) is 0 Å². The topological polar surface area (TPSA) is 105 Å². The summed E-state index contributed by atoms with van der Waals surface area (Å²) in [7, 11) is 0. The summed E-state index contributed by atoms with van der Waals surface area (Å²) in [5.74, 6) is 0.989. The highest BCUT2D eigenvalue weighted by atomic mass is 16.1. The van der Waals surface area contributed by atoms with Gasteiger partial charge in [0.25, 0.3) is 5.91 Å². The zero-order valence-corrected chi connectivity index (χ0v) is 14.9. The number of aromatic nitrogens is 6. The van der Waals surface area contributed by atoms with Gasteiger partial charge in [-0.25, -0.2) is 19.9 Å². The van der Waals surface area contributed by atoms with E-state index in [1.165, 1.54) is 0 Å². The van der Waals surface area contributed by atoms with Crippen molar-refractivity contribution >= 4 is 17.1 Å². The van der Waals surface area contributed by atoms with Gasteiger partial charge in [0.1, 0.15) is 22.7 Å². The molecule has 0 aliphatic carbocycles. The predicted octanol–water partition coefficient (Wildman–Crippen LogP) is 2.25. The molecule has 2 N–H and O–H groups in total. The number of aryl methyl sites for hydroxylation is 1. The Labute approximate surface area is 155 Å². The summed E-state index contributed by atoms with van der Waals surface area (Å²) in [6.07, 6.45) is 6.34. The number of carbonyl (C=O) groups is 1. The molecule has 1 amide bonds. The molecule has 0 bridgehead atoms. The van der Waals surface area contributed by atoms with Gasteiger partial charge in [-0.1, -0.05) is 13.0 Å². The van der Waals surface area contributed by atoms with Gasteiger partial charge in [0.2, 0.25) is 0 Å². The number of pyridine rings is 2. The SMILES string of the molecule is CCCn1c(Cn2ccnc2-c2cccc(C(N)=O)n2)nc2cccnc21. The maximum Gasteiger partial charge on any atom is 0.267 e. The normalized spacial score (nSPS) is 11.1. The molecular weight excluding hydrogens is 342 g/mol. The van der Waals surface area contributed by atoms with Crippen LogP contribution in [0.1, 0.15) is 29.7 Å². The number of fused-ring (bicyclic) bond motifs is 1. The van der Waals surface area contributed by atoms with Crippen molar-refractivity contribution in [3.8, 4) is 11.5 Å². The minimum atomic E-state index is -0.564. The molecule has 0 aliphatic rings. The summed E-state index contributed by atoms with van der Waals surface area (Å²) < 4.78 is 4.09. The number of hydrogen-bond donors (Lipinski definition) is 1. The van der Waals surface area contributed by atoms with Crippen LogP contribution in [-0.4, -0.2) is 35.0 Å². The maximum absolute atomic E-state index is 11.4. The Morgan fingerprint density at radius 1 is 1.11 bits per heavy atom. The van der Waals surface area contributed by atoms with Crippen LogP contribution >= 0.6 is 0 Å². The van der Waals surface area contributed by atoms with Crippen LogP contribution < -0.4 is 5.73 Å². The van der Waals surface area contributed by atoms with Gasteiger partial charge in [-0.05, 0) is 30.7 Å². The lowest BCUT2D eigenvalue weighted by Crippen LogP contribution is -2.14. The lowest BCUT2D eigenvalue weighted by molar-refractivity contribution is 0.0995. The molecular formula is C19H19N7O. The third-order valence-electron chi connectivity index (χ3n) is 4.29. The molecule has 136 valence electrons. The quantitative estimate of drug-likeness (QED) is 0.567. The monoisotopic (exact) mass is 361 g/mol. The first-order chi connectivity index (χ1) is 13.2. The van der Waals surface area contributed by atoms with Crippen LogP contribution in [-0.2, 0) is 13.1 Å². The van der Waals surface area contributed by atoms with Gasteiger partial charge >= 0.3 is 0 Å². The molecule has 4 aromatic heterocycles. The first-order valence-corrected chi connectivity index (χ1v) is 8.76. The smallest absolute Gasteiger partial charge is 0.267 e. The van der Waals surface area contributed by atoms with Crippen molar-refractivity contribution in [2.45, 2.75) is 26.4 Å². The zero-order valence-electron chi connectivity index (χ0n) is 14.9. The molecule has 8 heteroatoms. The number of amides is 1. The molecule has 0 aliphatic heterocycles. The fraction of sp³-hybridized carbons (Fsp3) is 0.211. The first-order valence-electron chi connectivity index (χ1n) is 8.76. The Bertz CT molecular complexity index is 1110.